The lowest BCUT2D eigenvalue weighted by Gasteiger charge is -2.34. The van der Waals surface area contributed by atoms with Crippen LogP contribution in [0.3, 0.4) is 0 Å². The molecule has 0 bridgehead atoms. The third kappa shape index (κ3) is 4.33. The van der Waals surface area contributed by atoms with Crippen LogP contribution < -0.4 is 0 Å². The van der Waals surface area contributed by atoms with Crippen LogP contribution in [-0.4, -0.2) is 50.8 Å². The van der Waals surface area contributed by atoms with Crippen molar-refractivity contribution in [1.82, 2.24) is 4.90 Å². The first kappa shape index (κ1) is 13.9. The number of hydrogen-bond acceptors (Lipinski definition) is 4. The summed E-state index contributed by atoms with van der Waals surface area (Å²) in [6, 6.07) is 2.31. The average Bonchev–Trinajstić information content (AvgIpc) is 2.35. The van der Waals surface area contributed by atoms with E-state index in [2.05, 4.69) is 6.07 Å². The minimum Gasteiger partial charge on any atom is -0.382 e. The molecule has 5 nitrogen and oxygen atoms in total. The molecule has 0 aromatic carbocycles. The van der Waals surface area contributed by atoms with Gasteiger partial charge in [-0.05, 0) is 19.8 Å². The Hall–Kier alpha value is -1.12. The lowest BCUT2D eigenvalue weighted by Crippen LogP contribution is -2.43. The van der Waals surface area contributed by atoms with Crippen LogP contribution in [-0.2, 0) is 14.3 Å². The lowest BCUT2D eigenvalue weighted by atomic mass is 9.82. The molecule has 1 aliphatic rings. The first-order valence-electron chi connectivity index (χ1n) is 5.87. The molecule has 1 heterocycles. The summed E-state index contributed by atoms with van der Waals surface area (Å²) in [6.07, 6.45) is 1.49. The molecular formula is C12H20N2O3. The van der Waals surface area contributed by atoms with E-state index in [0.29, 0.717) is 26.3 Å². The molecular weight excluding hydrogens is 220 g/mol. The number of nitriles is 1. The molecule has 1 amide bonds. The van der Waals surface area contributed by atoms with Crippen molar-refractivity contribution < 1.29 is 14.3 Å². The van der Waals surface area contributed by atoms with E-state index in [0.717, 1.165) is 12.8 Å². The Labute approximate surface area is 102 Å². The van der Waals surface area contributed by atoms with Crippen LogP contribution in [0.2, 0.25) is 0 Å². The smallest absolute Gasteiger partial charge is 0.248 e. The quantitative estimate of drug-likeness (QED) is 0.667. The van der Waals surface area contributed by atoms with Crippen molar-refractivity contribution in [2.45, 2.75) is 19.8 Å². The zero-order chi connectivity index (χ0) is 12.7. The van der Waals surface area contributed by atoms with E-state index in [4.69, 9.17) is 14.7 Å². The fraction of sp³-hybridized carbons (Fsp3) is 0.833. The minimum absolute atomic E-state index is 0.00101. The third-order valence-electron chi connectivity index (χ3n) is 3.15. The summed E-state index contributed by atoms with van der Waals surface area (Å²) in [5.74, 6) is 0.00101. The first-order valence-corrected chi connectivity index (χ1v) is 5.87. The molecule has 0 saturated carbocycles. The van der Waals surface area contributed by atoms with Crippen LogP contribution in [0.1, 0.15) is 19.8 Å². The number of carbonyl (C=O) groups is 1. The first-order chi connectivity index (χ1) is 8.11. The average molecular weight is 240 g/mol. The van der Waals surface area contributed by atoms with Crippen molar-refractivity contribution in [3.05, 3.63) is 0 Å². The number of ether oxygens (including phenoxy) is 2. The van der Waals surface area contributed by atoms with E-state index >= 15 is 0 Å². The Morgan fingerprint density at radius 1 is 1.41 bits per heavy atom. The molecule has 1 aliphatic heterocycles. The predicted octanol–water partition coefficient (Wildman–Crippen LogP) is 0.802. The molecule has 17 heavy (non-hydrogen) atoms. The van der Waals surface area contributed by atoms with E-state index in [9.17, 15) is 4.79 Å². The van der Waals surface area contributed by atoms with Crippen molar-refractivity contribution >= 4 is 5.91 Å². The Morgan fingerprint density at radius 3 is 2.59 bits per heavy atom. The molecule has 1 rings (SSSR count). The molecule has 0 radical (unpaired) electrons. The monoisotopic (exact) mass is 240 g/mol. The number of rotatable bonds is 5. The Kier molecular flexibility index (Phi) is 5.39. The predicted molar refractivity (Wildman–Crippen MR) is 62.2 cm³/mol. The highest BCUT2D eigenvalue weighted by atomic mass is 16.5. The maximum absolute atomic E-state index is 11.7. The van der Waals surface area contributed by atoms with Crippen LogP contribution in [0.25, 0.3) is 0 Å². The van der Waals surface area contributed by atoms with Gasteiger partial charge in [-0.15, -0.1) is 0 Å². The van der Waals surface area contributed by atoms with Crippen molar-refractivity contribution in [3.8, 4) is 6.07 Å². The number of nitrogens with zero attached hydrogens (tertiary/aromatic N) is 2. The highest BCUT2D eigenvalue weighted by Crippen LogP contribution is 2.29. The molecule has 0 spiro atoms. The van der Waals surface area contributed by atoms with Gasteiger partial charge < -0.3 is 14.4 Å². The lowest BCUT2D eigenvalue weighted by molar-refractivity contribution is -0.138. The topological polar surface area (TPSA) is 62.6 Å². The normalized spacial score (nSPS) is 18.8. The molecule has 0 unspecified atom stereocenters. The van der Waals surface area contributed by atoms with E-state index in [1.54, 1.807) is 12.0 Å². The van der Waals surface area contributed by atoms with Crippen molar-refractivity contribution in [3.63, 3.8) is 0 Å². The summed E-state index contributed by atoms with van der Waals surface area (Å²) in [5, 5.41) is 8.98. The maximum Gasteiger partial charge on any atom is 0.248 e. The van der Waals surface area contributed by atoms with Gasteiger partial charge in [0.1, 0.15) is 6.61 Å². The Balaban J connectivity index is 2.24. The molecule has 0 aromatic heterocycles. The maximum atomic E-state index is 11.7. The fourth-order valence-electron chi connectivity index (χ4n) is 1.75. The molecule has 5 heteroatoms. The third-order valence-corrected chi connectivity index (χ3v) is 3.15. The summed E-state index contributed by atoms with van der Waals surface area (Å²) in [4.78, 5) is 13.5. The van der Waals surface area contributed by atoms with E-state index in [1.165, 1.54) is 0 Å². The van der Waals surface area contributed by atoms with Crippen LogP contribution in [0.4, 0.5) is 0 Å². The number of carbonyl (C=O) groups excluding carboxylic acids is 1. The molecule has 0 atom stereocenters. The Morgan fingerprint density at radius 2 is 2.06 bits per heavy atom. The van der Waals surface area contributed by atoms with Gasteiger partial charge in [-0.3, -0.25) is 4.79 Å². The van der Waals surface area contributed by atoms with E-state index in [1.807, 2.05) is 6.92 Å². The number of likely N-dealkylation sites (tertiary alicyclic amines) is 1. The van der Waals surface area contributed by atoms with Gasteiger partial charge in [0.15, 0.2) is 0 Å². The standard InChI is InChI=1S/C12H20N2O3/c1-12(10-13)3-5-14(6-4-12)11(15)9-17-8-7-16-2/h3-9H2,1-2H3. The molecule has 0 aromatic rings. The highest BCUT2D eigenvalue weighted by Gasteiger charge is 2.31. The summed E-state index contributed by atoms with van der Waals surface area (Å²) in [6.45, 7) is 4.29. The van der Waals surface area contributed by atoms with Crippen molar-refractivity contribution in [2.75, 3.05) is 40.0 Å². The summed E-state index contributed by atoms with van der Waals surface area (Å²) in [5.41, 5.74) is -0.270. The summed E-state index contributed by atoms with van der Waals surface area (Å²) < 4.78 is 10.0. The SMILES string of the molecule is COCCOCC(=O)N1CCC(C)(C#N)CC1. The van der Waals surface area contributed by atoms with Crippen molar-refractivity contribution in [2.24, 2.45) is 5.41 Å². The zero-order valence-electron chi connectivity index (χ0n) is 10.6. The number of methoxy groups -OCH3 is 1. The second-order valence-electron chi connectivity index (χ2n) is 4.60. The van der Waals surface area contributed by atoms with Gasteiger partial charge in [0, 0.05) is 20.2 Å². The molecule has 0 N–H and O–H groups in total. The largest absolute Gasteiger partial charge is 0.382 e. The van der Waals surface area contributed by atoms with Gasteiger partial charge in [-0.25, -0.2) is 0 Å². The minimum atomic E-state index is -0.270. The van der Waals surface area contributed by atoms with Gasteiger partial charge >= 0.3 is 0 Å². The number of piperidine rings is 1. The highest BCUT2D eigenvalue weighted by molar-refractivity contribution is 5.77. The van der Waals surface area contributed by atoms with Crippen LogP contribution >= 0.6 is 0 Å². The zero-order valence-corrected chi connectivity index (χ0v) is 10.6. The van der Waals surface area contributed by atoms with Gasteiger partial charge in [0.05, 0.1) is 24.7 Å². The Bertz CT molecular complexity index is 291. The van der Waals surface area contributed by atoms with E-state index < -0.39 is 0 Å². The fourth-order valence-corrected chi connectivity index (χ4v) is 1.75. The molecule has 96 valence electrons. The van der Waals surface area contributed by atoms with Crippen LogP contribution in [0.15, 0.2) is 0 Å². The summed E-state index contributed by atoms with van der Waals surface area (Å²) in [7, 11) is 1.60. The number of hydrogen-bond donors (Lipinski definition) is 0. The van der Waals surface area contributed by atoms with Crippen LogP contribution in [0, 0.1) is 16.7 Å². The summed E-state index contributed by atoms with van der Waals surface area (Å²) >= 11 is 0. The second-order valence-corrected chi connectivity index (χ2v) is 4.60. The van der Waals surface area contributed by atoms with Gasteiger partial charge in [0.25, 0.3) is 0 Å². The van der Waals surface area contributed by atoms with E-state index in [-0.39, 0.29) is 17.9 Å². The van der Waals surface area contributed by atoms with Crippen LogP contribution in [0.5, 0.6) is 0 Å². The van der Waals surface area contributed by atoms with Gasteiger partial charge in [0.2, 0.25) is 5.91 Å². The van der Waals surface area contributed by atoms with Crippen molar-refractivity contribution in [1.29, 1.82) is 5.26 Å². The molecule has 0 aliphatic carbocycles. The molecule has 1 saturated heterocycles. The number of amides is 1. The van der Waals surface area contributed by atoms with Gasteiger partial charge in [-0.2, -0.15) is 5.26 Å². The van der Waals surface area contributed by atoms with Gasteiger partial charge in [-0.1, -0.05) is 0 Å². The second kappa shape index (κ2) is 6.58. The molecule has 1 fully saturated rings.